The third-order valence-electron chi connectivity index (χ3n) is 4.27. The van der Waals surface area contributed by atoms with E-state index in [1.165, 1.54) is 0 Å². The van der Waals surface area contributed by atoms with Gasteiger partial charge in [-0.1, -0.05) is 51.1 Å². The highest BCUT2D eigenvalue weighted by Gasteiger charge is 2.27. The number of rotatable bonds is 4. The lowest BCUT2D eigenvalue weighted by Crippen LogP contribution is -2.51. The topological polar surface area (TPSA) is 53.0 Å². The minimum absolute atomic E-state index is 0.119. The Morgan fingerprint density at radius 3 is 2.35 bits per heavy atom. The van der Waals surface area contributed by atoms with E-state index in [1.807, 2.05) is 51.1 Å². The number of piperazine rings is 1. The van der Waals surface area contributed by atoms with Crippen LogP contribution in [0, 0.1) is 5.41 Å². The van der Waals surface area contributed by atoms with Crippen molar-refractivity contribution in [1.82, 2.24) is 9.80 Å². The SMILES string of the molecule is CC(C)(C)C(O)CN1CCN(C(=O)OCc2ccccc2)CC1. The van der Waals surface area contributed by atoms with Crippen molar-refractivity contribution < 1.29 is 14.6 Å². The van der Waals surface area contributed by atoms with Crippen LogP contribution in [0.3, 0.4) is 0 Å². The number of aliphatic hydroxyl groups excluding tert-OH is 1. The Balaban J connectivity index is 1.72. The summed E-state index contributed by atoms with van der Waals surface area (Å²) in [5, 5.41) is 10.2. The van der Waals surface area contributed by atoms with E-state index >= 15 is 0 Å². The first-order valence-corrected chi connectivity index (χ1v) is 8.22. The van der Waals surface area contributed by atoms with E-state index in [-0.39, 0.29) is 17.6 Å². The van der Waals surface area contributed by atoms with Gasteiger partial charge in [-0.2, -0.15) is 0 Å². The molecule has 1 unspecified atom stereocenters. The summed E-state index contributed by atoms with van der Waals surface area (Å²) in [5.74, 6) is 0. The van der Waals surface area contributed by atoms with Gasteiger partial charge in [0.1, 0.15) is 6.61 Å². The highest BCUT2D eigenvalue weighted by Crippen LogP contribution is 2.20. The number of carbonyl (C=O) groups is 1. The Hall–Kier alpha value is -1.59. The largest absolute Gasteiger partial charge is 0.445 e. The number of hydrogen-bond acceptors (Lipinski definition) is 4. The van der Waals surface area contributed by atoms with Gasteiger partial charge in [0.2, 0.25) is 0 Å². The van der Waals surface area contributed by atoms with Gasteiger partial charge in [-0.05, 0) is 11.0 Å². The highest BCUT2D eigenvalue weighted by molar-refractivity contribution is 5.67. The minimum Gasteiger partial charge on any atom is -0.445 e. The second kappa shape index (κ2) is 7.79. The molecule has 1 aliphatic rings. The second-order valence-corrected chi connectivity index (χ2v) is 7.21. The lowest BCUT2D eigenvalue weighted by atomic mass is 9.89. The number of amides is 1. The second-order valence-electron chi connectivity index (χ2n) is 7.21. The van der Waals surface area contributed by atoms with Crippen molar-refractivity contribution >= 4 is 6.09 Å². The standard InChI is InChI=1S/C18H28N2O3/c1-18(2,3)16(21)13-19-9-11-20(12-10-19)17(22)23-14-15-7-5-4-6-8-15/h4-8,16,21H,9-14H2,1-3H3. The first-order chi connectivity index (χ1) is 10.9. The summed E-state index contributed by atoms with van der Waals surface area (Å²) in [6.45, 7) is 9.90. The molecule has 1 aromatic rings. The minimum atomic E-state index is -0.362. The van der Waals surface area contributed by atoms with Crippen molar-refractivity contribution in [3.05, 3.63) is 35.9 Å². The summed E-state index contributed by atoms with van der Waals surface area (Å²) in [6.07, 6.45) is -0.621. The maximum Gasteiger partial charge on any atom is 0.410 e. The number of aliphatic hydroxyl groups is 1. The lowest BCUT2D eigenvalue weighted by Gasteiger charge is -2.37. The summed E-state index contributed by atoms with van der Waals surface area (Å²) in [6, 6.07) is 9.69. The zero-order chi connectivity index (χ0) is 16.9. The van der Waals surface area contributed by atoms with Crippen LogP contribution in [0.25, 0.3) is 0 Å². The molecule has 5 heteroatoms. The molecule has 0 aromatic heterocycles. The molecule has 1 saturated heterocycles. The van der Waals surface area contributed by atoms with Crippen molar-refractivity contribution in [1.29, 1.82) is 0 Å². The molecule has 0 radical (unpaired) electrons. The fourth-order valence-electron chi connectivity index (χ4n) is 2.44. The van der Waals surface area contributed by atoms with E-state index in [1.54, 1.807) is 4.90 Å². The molecule has 128 valence electrons. The van der Waals surface area contributed by atoms with Gasteiger partial charge in [0.05, 0.1) is 6.10 Å². The van der Waals surface area contributed by atoms with E-state index in [9.17, 15) is 9.90 Å². The van der Waals surface area contributed by atoms with Gasteiger partial charge < -0.3 is 14.7 Å². The Labute approximate surface area is 138 Å². The summed E-state index contributed by atoms with van der Waals surface area (Å²) in [5.41, 5.74) is 0.874. The van der Waals surface area contributed by atoms with Crippen LogP contribution >= 0.6 is 0 Å². The van der Waals surface area contributed by atoms with Gasteiger partial charge >= 0.3 is 6.09 Å². The highest BCUT2D eigenvalue weighted by atomic mass is 16.6. The normalized spacial score (nSPS) is 17.8. The molecule has 1 N–H and O–H groups in total. The first-order valence-electron chi connectivity index (χ1n) is 8.22. The van der Waals surface area contributed by atoms with Gasteiger partial charge in [0, 0.05) is 32.7 Å². The van der Waals surface area contributed by atoms with Crippen molar-refractivity contribution in [2.24, 2.45) is 5.41 Å². The van der Waals surface area contributed by atoms with E-state index in [0.29, 0.717) is 26.2 Å². The maximum absolute atomic E-state index is 12.1. The van der Waals surface area contributed by atoms with Crippen LogP contribution in [0.4, 0.5) is 4.79 Å². The Bertz CT molecular complexity index is 491. The maximum atomic E-state index is 12.1. The van der Waals surface area contributed by atoms with Gasteiger partial charge in [-0.3, -0.25) is 4.90 Å². The summed E-state index contributed by atoms with van der Waals surface area (Å²) in [7, 11) is 0. The Kier molecular flexibility index (Phi) is 6.02. The third kappa shape index (κ3) is 5.52. The molecule has 1 aliphatic heterocycles. The van der Waals surface area contributed by atoms with Crippen LogP contribution in [0.5, 0.6) is 0 Å². The lowest BCUT2D eigenvalue weighted by molar-refractivity contribution is 0.0115. The average molecular weight is 320 g/mol. The molecule has 0 spiro atoms. The summed E-state index contributed by atoms with van der Waals surface area (Å²) >= 11 is 0. The smallest absolute Gasteiger partial charge is 0.410 e. The zero-order valence-electron chi connectivity index (χ0n) is 14.4. The van der Waals surface area contributed by atoms with Gasteiger partial charge in [-0.25, -0.2) is 4.79 Å². The summed E-state index contributed by atoms with van der Waals surface area (Å²) in [4.78, 5) is 16.0. The Morgan fingerprint density at radius 2 is 1.78 bits per heavy atom. The molecule has 1 amide bonds. The van der Waals surface area contributed by atoms with Crippen molar-refractivity contribution in [3.63, 3.8) is 0 Å². The Morgan fingerprint density at radius 1 is 1.17 bits per heavy atom. The number of β-amino-alcohol motifs (C(OH)–C–C–N with tert-alkyl or cyclic N) is 1. The fourth-order valence-corrected chi connectivity index (χ4v) is 2.44. The van der Waals surface area contributed by atoms with Gasteiger partial charge in [0.25, 0.3) is 0 Å². The number of hydrogen-bond donors (Lipinski definition) is 1. The number of benzene rings is 1. The molecule has 1 atom stereocenters. The molecule has 2 rings (SSSR count). The molecule has 0 bridgehead atoms. The number of ether oxygens (including phenoxy) is 1. The molecule has 23 heavy (non-hydrogen) atoms. The molecule has 0 aliphatic carbocycles. The quantitative estimate of drug-likeness (QED) is 0.925. The molecule has 1 aromatic carbocycles. The van der Waals surface area contributed by atoms with Crippen LogP contribution in [0.2, 0.25) is 0 Å². The van der Waals surface area contributed by atoms with E-state index in [2.05, 4.69) is 4.90 Å². The van der Waals surface area contributed by atoms with E-state index < -0.39 is 0 Å². The zero-order valence-corrected chi connectivity index (χ0v) is 14.4. The third-order valence-corrected chi connectivity index (χ3v) is 4.27. The molecular weight excluding hydrogens is 292 g/mol. The van der Waals surface area contributed by atoms with Gasteiger partial charge in [-0.15, -0.1) is 0 Å². The van der Waals surface area contributed by atoms with Crippen LogP contribution in [0.15, 0.2) is 30.3 Å². The van der Waals surface area contributed by atoms with Crippen molar-refractivity contribution in [3.8, 4) is 0 Å². The van der Waals surface area contributed by atoms with Crippen LogP contribution in [-0.4, -0.2) is 59.8 Å². The van der Waals surface area contributed by atoms with Crippen LogP contribution in [-0.2, 0) is 11.3 Å². The monoisotopic (exact) mass is 320 g/mol. The van der Waals surface area contributed by atoms with Crippen molar-refractivity contribution in [2.45, 2.75) is 33.5 Å². The first kappa shape index (κ1) is 17.8. The van der Waals surface area contributed by atoms with Gasteiger partial charge in [0.15, 0.2) is 0 Å². The van der Waals surface area contributed by atoms with E-state index in [4.69, 9.17) is 4.74 Å². The molecule has 1 fully saturated rings. The van der Waals surface area contributed by atoms with E-state index in [0.717, 1.165) is 18.7 Å². The molecule has 1 heterocycles. The predicted molar refractivity (Wildman–Crippen MR) is 90.1 cm³/mol. The molecular formula is C18H28N2O3. The average Bonchev–Trinajstić information content (AvgIpc) is 2.53. The number of carbonyl (C=O) groups excluding carboxylic acids is 1. The van der Waals surface area contributed by atoms with Crippen LogP contribution in [0.1, 0.15) is 26.3 Å². The summed E-state index contributed by atoms with van der Waals surface area (Å²) < 4.78 is 5.36. The number of nitrogens with zero attached hydrogens (tertiary/aromatic N) is 2. The van der Waals surface area contributed by atoms with Crippen molar-refractivity contribution in [2.75, 3.05) is 32.7 Å². The molecule has 0 saturated carbocycles. The predicted octanol–water partition coefficient (Wildman–Crippen LogP) is 2.35. The fraction of sp³-hybridized carbons (Fsp3) is 0.611. The van der Waals surface area contributed by atoms with Crippen LogP contribution < -0.4 is 0 Å². The molecule has 5 nitrogen and oxygen atoms in total.